The lowest BCUT2D eigenvalue weighted by atomic mass is 10.1. The average Bonchev–Trinajstić information content (AvgIpc) is 3.11. The van der Waals surface area contributed by atoms with E-state index in [0.717, 1.165) is 50.5 Å². The Kier molecular flexibility index (Phi) is 9.70. The molecule has 1 aliphatic rings. The third kappa shape index (κ3) is 6.64. The van der Waals surface area contributed by atoms with Crippen LogP contribution in [0.1, 0.15) is 28.8 Å². The Balaban J connectivity index is 0.00000288. The first-order chi connectivity index (χ1) is 11.2. The van der Waals surface area contributed by atoms with E-state index in [1.807, 2.05) is 24.3 Å². The zero-order valence-electron chi connectivity index (χ0n) is 14.3. The Morgan fingerprint density at radius 2 is 2.21 bits per heavy atom. The topological polar surface area (TPSA) is 74.8 Å². The molecule has 0 aliphatic carbocycles. The fraction of sp³-hybridized carbons (Fsp3) is 0.529. The van der Waals surface area contributed by atoms with Gasteiger partial charge in [0.25, 0.3) is 5.91 Å². The van der Waals surface area contributed by atoms with Crippen molar-refractivity contribution in [1.29, 1.82) is 0 Å². The maximum absolute atomic E-state index is 11.6. The highest BCUT2D eigenvalue weighted by molar-refractivity contribution is 14.0. The number of hydrogen-bond acceptors (Lipinski definition) is 3. The van der Waals surface area contributed by atoms with Gasteiger partial charge in [-0.05, 0) is 37.0 Å². The minimum absolute atomic E-state index is 0. The number of ether oxygens (including phenoxy) is 1. The molecule has 1 unspecified atom stereocenters. The van der Waals surface area contributed by atoms with Gasteiger partial charge in [0.2, 0.25) is 0 Å². The van der Waals surface area contributed by atoms with Crippen molar-refractivity contribution in [3.8, 4) is 0 Å². The highest BCUT2D eigenvalue weighted by Gasteiger charge is 2.15. The predicted molar refractivity (Wildman–Crippen MR) is 107 cm³/mol. The van der Waals surface area contributed by atoms with Gasteiger partial charge in [0.1, 0.15) is 0 Å². The summed E-state index contributed by atoms with van der Waals surface area (Å²) in [5.74, 6) is 0.719. The number of guanidine groups is 1. The number of carbonyl (C=O) groups is 1. The van der Waals surface area contributed by atoms with Gasteiger partial charge >= 0.3 is 0 Å². The van der Waals surface area contributed by atoms with Crippen LogP contribution in [0.4, 0.5) is 0 Å². The van der Waals surface area contributed by atoms with E-state index in [0.29, 0.717) is 5.56 Å². The quantitative estimate of drug-likeness (QED) is 0.352. The normalized spacial score (nSPS) is 17.1. The molecular weight excluding hydrogens is 419 g/mol. The van der Waals surface area contributed by atoms with E-state index in [1.54, 1.807) is 14.1 Å². The maximum Gasteiger partial charge on any atom is 0.251 e. The number of hydrogen-bond donors (Lipinski definition) is 3. The average molecular weight is 446 g/mol. The molecule has 2 rings (SSSR count). The van der Waals surface area contributed by atoms with Crippen LogP contribution in [0, 0.1) is 0 Å². The largest absolute Gasteiger partial charge is 0.376 e. The molecule has 1 amide bonds. The third-order valence-electron chi connectivity index (χ3n) is 3.87. The smallest absolute Gasteiger partial charge is 0.251 e. The fourth-order valence-electron chi connectivity index (χ4n) is 2.57. The Bertz CT molecular complexity index is 545. The molecule has 0 saturated carbocycles. The molecule has 24 heavy (non-hydrogen) atoms. The summed E-state index contributed by atoms with van der Waals surface area (Å²) >= 11 is 0. The predicted octanol–water partition coefficient (Wildman–Crippen LogP) is 1.55. The van der Waals surface area contributed by atoms with Crippen LogP contribution in [-0.4, -0.2) is 51.8 Å². The van der Waals surface area contributed by atoms with Gasteiger partial charge in [0.15, 0.2) is 5.96 Å². The van der Waals surface area contributed by atoms with E-state index in [2.05, 4.69) is 20.9 Å². The van der Waals surface area contributed by atoms with Crippen LogP contribution in [-0.2, 0) is 11.2 Å². The SMILES string of the molecule is CN=C(NCCc1cccc(C(=O)NC)c1)NCC1CCCO1.I. The summed E-state index contributed by atoms with van der Waals surface area (Å²) in [6, 6.07) is 7.67. The van der Waals surface area contributed by atoms with Crippen molar-refractivity contribution in [3.63, 3.8) is 0 Å². The van der Waals surface area contributed by atoms with Crippen LogP contribution in [0.2, 0.25) is 0 Å². The van der Waals surface area contributed by atoms with Crippen molar-refractivity contribution in [3.05, 3.63) is 35.4 Å². The molecule has 1 fully saturated rings. The first kappa shape index (κ1) is 20.7. The summed E-state index contributed by atoms with van der Waals surface area (Å²) in [5, 5.41) is 9.21. The van der Waals surface area contributed by atoms with E-state index in [4.69, 9.17) is 4.74 Å². The molecule has 1 saturated heterocycles. The van der Waals surface area contributed by atoms with E-state index in [9.17, 15) is 4.79 Å². The molecule has 1 atom stereocenters. The van der Waals surface area contributed by atoms with Crippen molar-refractivity contribution in [2.45, 2.75) is 25.4 Å². The highest BCUT2D eigenvalue weighted by atomic mass is 127. The van der Waals surface area contributed by atoms with Crippen LogP contribution in [0.25, 0.3) is 0 Å². The Morgan fingerprint density at radius 1 is 1.38 bits per heavy atom. The van der Waals surface area contributed by atoms with Gasteiger partial charge in [-0.2, -0.15) is 0 Å². The van der Waals surface area contributed by atoms with Crippen molar-refractivity contribution >= 4 is 35.8 Å². The second kappa shape index (κ2) is 11.2. The number of carbonyl (C=O) groups excluding carboxylic acids is 1. The number of nitrogens with one attached hydrogen (secondary N) is 3. The molecule has 1 aliphatic heterocycles. The van der Waals surface area contributed by atoms with Crippen LogP contribution in [0.3, 0.4) is 0 Å². The minimum Gasteiger partial charge on any atom is -0.376 e. The van der Waals surface area contributed by atoms with Gasteiger partial charge in [-0.1, -0.05) is 12.1 Å². The first-order valence-corrected chi connectivity index (χ1v) is 8.10. The zero-order chi connectivity index (χ0) is 16.5. The molecule has 0 spiro atoms. The van der Waals surface area contributed by atoms with Crippen molar-refractivity contribution in [1.82, 2.24) is 16.0 Å². The van der Waals surface area contributed by atoms with Crippen LogP contribution in [0.5, 0.6) is 0 Å². The van der Waals surface area contributed by atoms with Crippen molar-refractivity contribution in [2.24, 2.45) is 4.99 Å². The molecule has 0 bridgehead atoms. The molecule has 0 radical (unpaired) electrons. The lowest BCUT2D eigenvalue weighted by Crippen LogP contribution is -2.41. The molecule has 6 nitrogen and oxygen atoms in total. The Morgan fingerprint density at radius 3 is 2.88 bits per heavy atom. The number of benzene rings is 1. The van der Waals surface area contributed by atoms with Crippen LogP contribution in [0.15, 0.2) is 29.3 Å². The number of halogens is 1. The summed E-state index contributed by atoms with van der Waals surface area (Å²) < 4.78 is 5.58. The zero-order valence-corrected chi connectivity index (χ0v) is 16.6. The molecule has 1 aromatic rings. The molecular formula is C17H27IN4O2. The molecule has 1 heterocycles. The summed E-state index contributed by atoms with van der Waals surface area (Å²) in [6.07, 6.45) is 3.36. The van der Waals surface area contributed by atoms with Gasteiger partial charge in [-0.3, -0.25) is 9.79 Å². The fourth-order valence-corrected chi connectivity index (χ4v) is 2.57. The van der Waals surface area contributed by atoms with Crippen molar-refractivity contribution < 1.29 is 9.53 Å². The van der Waals surface area contributed by atoms with E-state index in [-0.39, 0.29) is 36.0 Å². The Hall–Kier alpha value is -1.35. The molecule has 1 aromatic carbocycles. The highest BCUT2D eigenvalue weighted by Crippen LogP contribution is 2.10. The van der Waals surface area contributed by atoms with Gasteiger partial charge in [-0.15, -0.1) is 24.0 Å². The summed E-state index contributed by atoms with van der Waals surface area (Å²) in [4.78, 5) is 15.9. The second-order valence-electron chi connectivity index (χ2n) is 5.54. The third-order valence-corrected chi connectivity index (χ3v) is 3.87. The standard InChI is InChI=1S/C17H26N4O2.HI/c1-18-16(22)14-6-3-5-13(11-14)8-9-20-17(19-2)21-12-15-7-4-10-23-15;/h3,5-6,11,15H,4,7-10,12H2,1-2H3,(H,18,22)(H2,19,20,21);1H. The molecule has 0 aromatic heterocycles. The number of aliphatic imine (C=N–C) groups is 1. The second-order valence-corrected chi connectivity index (χ2v) is 5.54. The lowest BCUT2D eigenvalue weighted by Gasteiger charge is -2.15. The lowest BCUT2D eigenvalue weighted by molar-refractivity contribution is 0.0963. The molecule has 3 N–H and O–H groups in total. The minimum atomic E-state index is -0.0613. The number of nitrogens with zero attached hydrogens (tertiary/aromatic N) is 1. The van der Waals surface area contributed by atoms with Gasteiger partial charge in [-0.25, -0.2) is 0 Å². The van der Waals surface area contributed by atoms with E-state index >= 15 is 0 Å². The molecule has 134 valence electrons. The Labute approximate surface area is 160 Å². The van der Waals surface area contributed by atoms with Gasteiger partial charge in [0.05, 0.1) is 6.10 Å². The number of amides is 1. The van der Waals surface area contributed by atoms with Crippen molar-refractivity contribution in [2.75, 3.05) is 33.8 Å². The summed E-state index contributed by atoms with van der Waals surface area (Å²) in [7, 11) is 3.40. The van der Waals surface area contributed by atoms with Crippen LogP contribution < -0.4 is 16.0 Å². The van der Waals surface area contributed by atoms with Gasteiger partial charge < -0.3 is 20.7 Å². The monoisotopic (exact) mass is 446 g/mol. The van der Waals surface area contributed by atoms with E-state index in [1.165, 1.54) is 0 Å². The summed E-state index contributed by atoms with van der Waals surface area (Å²) in [6.45, 7) is 2.40. The van der Waals surface area contributed by atoms with E-state index < -0.39 is 0 Å². The maximum atomic E-state index is 11.6. The first-order valence-electron chi connectivity index (χ1n) is 8.10. The van der Waals surface area contributed by atoms with Gasteiger partial charge in [0, 0.05) is 39.4 Å². The molecule has 7 heteroatoms. The number of rotatable bonds is 6. The van der Waals surface area contributed by atoms with Crippen LogP contribution >= 0.6 is 24.0 Å². The summed E-state index contributed by atoms with van der Waals surface area (Å²) in [5.41, 5.74) is 1.80.